The SMILES string of the molecule is O=C(NCCO)c1nn(CC(=O)N2C(C(=O)Nc3cccc(Cl)n3)[C@H]3CC[C@@H]2C3)c2ccccc12. The van der Waals surface area contributed by atoms with Gasteiger partial charge in [-0.3, -0.25) is 19.1 Å². The molecule has 2 bridgehead atoms. The highest BCUT2D eigenvalue weighted by atomic mass is 35.5. The van der Waals surface area contributed by atoms with Crippen molar-refractivity contribution >= 4 is 46.0 Å². The summed E-state index contributed by atoms with van der Waals surface area (Å²) in [7, 11) is 0. The fourth-order valence-electron chi connectivity index (χ4n) is 5.24. The zero-order valence-corrected chi connectivity index (χ0v) is 19.6. The molecule has 3 aromatic rings. The molecule has 2 fully saturated rings. The maximum atomic E-state index is 13.5. The molecule has 5 rings (SSSR count). The summed E-state index contributed by atoms with van der Waals surface area (Å²) in [6, 6.07) is 11.5. The number of anilines is 1. The maximum Gasteiger partial charge on any atom is 0.272 e. The largest absolute Gasteiger partial charge is 0.395 e. The molecule has 1 aromatic carbocycles. The molecule has 1 aliphatic carbocycles. The standard InChI is InChI=1S/C24H25ClN6O4/c25-18-6-3-7-19(27-18)28-24(35)22-14-8-9-15(12-14)31(22)20(33)13-30-17-5-2-1-4-16(17)21(29-30)23(34)26-10-11-32/h1-7,14-15,22,32H,8-13H2,(H,26,34)(H,27,28,35)/t14-,15+,22?/m0/s1. The number of rotatable bonds is 7. The summed E-state index contributed by atoms with van der Waals surface area (Å²) < 4.78 is 1.50. The molecule has 1 aliphatic heterocycles. The average Bonchev–Trinajstić information content (AvgIpc) is 3.56. The highest BCUT2D eigenvalue weighted by Gasteiger charge is 2.51. The van der Waals surface area contributed by atoms with Crippen LogP contribution in [0.5, 0.6) is 0 Å². The van der Waals surface area contributed by atoms with E-state index in [1.54, 1.807) is 41.3 Å². The van der Waals surface area contributed by atoms with Crippen LogP contribution in [0.1, 0.15) is 29.8 Å². The number of nitrogens with one attached hydrogen (secondary N) is 2. The number of para-hydroxylation sites is 1. The lowest BCUT2D eigenvalue weighted by molar-refractivity contribution is -0.141. The van der Waals surface area contributed by atoms with Crippen LogP contribution in [0.25, 0.3) is 10.9 Å². The Morgan fingerprint density at radius 1 is 1.11 bits per heavy atom. The van der Waals surface area contributed by atoms with Gasteiger partial charge in [-0.15, -0.1) is 0 Å². The topological polar surface area (TPSA) is 129 Å². The summed E-state index contributed by atoms with van der Waals surface area (Å²) in [6.07, 6.45) is 2.52. The number of fused-ring (bicyclic) bond motifs is 3. The molecule has 3 heterocycles. The van der Waals surface area contributed by atoms with E-state index >= 15 is 0 Å². The molecule has 1 saturated heterocycles. The highest BCUT2D eigenvalue weighted by molar-refractivity contribution is 6.29. The molecule has 35 heavy (non-hydrogen) atoms. The third-order valence-corrected chi connectivity index (χ3v) is 6.87. The van der Waals surface area contributed by atoms with Crippen LogP contribution < -0.4 is 10.6 Å². The number of amides is 3. The van der Waals surface area contributed by atoms with Gasteiger partial charge in [-0.05, 0) is 43.4 Å². The molecule has 2 aromatic heterocycles. The van der Waals surface area contributed by atoms with E-state index in [1.165, 1.54) is 4.68 Å². The van der Waals surface area contributed by atoms with Gasteiger partial charge >= 0.3 is 0 Å². The van der Waals surface area contributed by atoms with Crippen LogP contribution in [0.15, 0.2) is 42.5 Å². The van der Waals surface area contributed by atoms with Crippen molar-refractivity contribution in [3.05, 3.63) is 53.3 Å². The van der Waals surface area contributed by atoms with E-state index in [0.29, 0.717) is 16.7 Å². The third-order valence-electron chi connectivity index (χ3n) is 6.66. The number of benzene rings is 1. The smallest absolute Gasteiger partial charge is 0.272 e. The fraction of sp³-hybridized carbons (Fsp3) is 0.375. The second-order valence-corrected chi connectivity index (χ2v) is 9.20. The summed E-state index contributed by atoms with van der Waals surface area (Å²) >= 11 is 5.94. The van der Waals surface area contributed by atoms with Crippen molar-refractivity contribution in [1.82, 2.24) is 25.0 Å². The molecule has 10 nitrogen and oxygen atoms in total. The number of carbonyl (C=O) groups is 3. The van der Waals surface area contributed by atoms with Crippen molar-refractivity contribution in [2.75, 3.05) is 18.5 Å². The number of nitrogens with zero attached hydrogens (tertiary/aromatic N) is 4. The first-order valence-corrected chi connectivity index (χ1v) is 11.9. The van der Waals surface area contributed by atoms with Crippen molar-refractivity contribution in [2.45, 2.75) is 37.9 Å². The zero-order valence-electron chi connectivity index (χ0n) is 18.9. The lowest BCUT2D eigenvalue weighted by Gasteiger charge is -2.34. The summed E-state index contributed by atoms with van der Waals surface area (Å²) in [4.78, 5) is 45.1. The minimum Gasteiger partial charge on any atom is -0.395 e. The normalized spacial score (nSPS) is 20.9. The minimum atomic E-state index is -0.601. The van der Waals surface area contributed by atoms with Crippen LogP contribution in [0, 0.1) is 5.92 Å². The number of hydrogen-bond acceptors (Lipinski definition) is 6. The number of aliphatic hydroxyl groups is 1. The van der Waals surface area contributed by atoms with Crippen LogP contribution in [-0.2, 0) is 16.1 Å². The molecular weight excluding hydrogens is 472 g/mol. The van der Waals surface area contributed by atoms with E-state index in [-0.39, 0.29) is 54.3 Å². The zero-order chi connectivity index (χ0) is 24.5. The maximum absolute atomic E-state index is 13.5. The van der Waals surface area contributed by atoms with Gasteiger partial charge in [0.2, 0.25) is 11.8 Å². The summed E-state index contributed by atoms with van der Waals surface area (Å²) in [5.41, 5.74) is 0.828. The monoisotopic (exact) mass is 496 g/mol. The first-order valence-electron chi connectivity index (χ1n) is 11.6. The van der Waals surface area contributed by atoms with Crippen molar-refractivity contribution in [1.29, 1.82) is 0 Å². The number of aromatic nitrogens is 3. The number of halogens is 1. The predicted molar refractivity (Wildman–Crippen MR) is 129 cm³/mol. The van der Waals surface area contributed by atoms with Gasteiger partial charge in [-0.1, -0.05) is 35.9 Å². The molecule has 0 spiro atoms. The third kappa shape index (κ3) is 4.46. The summed E-state index contributed by atoms with van der Waals surface area (Å²) in [5.74, 6) is -0.513. The van der Waals surface area contributed by atoms with Gasteiger partial charge in [0.25, 0.3) is 5.91 Å². The molecule has 11 heteroatoms. The summed E-state index contributed by atoms with van der Waals surface area (Å²) in [5, 5.41) is 19.7. The van der Waals surface area contributed by atoms with Crippen LogP contribution in [0.4, 0.5) is 5.82 Å². The molecule has 1 saturated carbocycles. The number of likely N-dealkylation sites (tertiary alicyclic amines) is 1. The van der Waals surface area contributed by atoms with Gasteiger partial charge in [-0.25, -0.2) is 4.98 Å². The Morgan fingerprint density at radius 3 is 2.74 bits per heavy atom. The first kappa shape index (κ1) is 23.3. The second-order valence-electron chi connectivity index (χ2n) is 8.81. The molecule has 0 radical (unpaired) electrons. The van der Waals surface area contributed by atoms with E-state index in [1.807, 2.05) is 6.07 Å². The van der Waals surface area contributed by atoms with E-state index in [0.717, 1.165) is 19.3 Å². The van der Waals surface area contributed by atoms with Crippen LogP contribution >= 0.6 is 11.6 Å². The Bertz CT molecular complexity index is 1290. The Morgan fingerprint density at radius 2 is 1.94 bits per heavy atom. The molecule has 3 atom stereocenters. The van der Waals surface area contributed by atoms with Crippen molar-refractivity contribution in [3.8, 4) is 0 Å². The highest BCUT2D eigenvalue weighted by Crippen LogP contribution is 2.43. The summed E-state index contributed by atoms with van der Waals surface area (Å²) in [6.45, 7) is -0.182. The van der Waals surface area contributed by atoms with Gasteiger partial charge in [0.05, 0.1) is 12.1 Å². The number of hydrogen-bond donors (Lipinski definition) is 3. The molecule has 3 N–H and O–H groups in total. The Hall–Kier alpha value is -3.50. The van der Waals surface area contributed by atoms with E-state index in [4.69, 9.17) is 16.7 Å². The van der Waals surface area contributed by atoms with E-state index in [9.17, 15) is 14.4 Å². The van der Waals surface area contributed by atoms with Gasteiger partial charge < -0.3 is 20.6 Å². The quantitative estimate of drug-likeness (QED) is 0.428. The number of aliphatic hydroxyl groups excluding tert-OH is 1. The molecule has 3 amide bonds. The van der Waals surface area contributed by atoms with Gasteiger partial charge in [0, 0.05) is 18.0 Å². The Kier molecular flexibility index (Phi) is 6.40. The Balaban J connectivity index is 1.39. The first-order chi connectivity index (χ1) is 17.0. The van der Waals surface area contributed by atoms with E-state index < -0.39 is 11.9 Å². The van der Waals surface area contributed by atoms with Crippen molar-refractivity contribution in [2.24, 2.45) is 5.92 Å². The van der Waals surface area contributed by atoms with Crippen LogP contribution in [0.2, 0.25) is 5.15 Å². The number of pyridine rings is 1. The van der Waals surface area contributed by atoms with E-state index in [2.05, 4.69) is 20.7 Å². The van der Waals surface area contributed by atoms with Crippen LogP contribution in [0.3, 0.4) is 0 Å². The molecule has 182 valence electrons. The van der Waals surface area contributed by atoms with Crippen molar-refractivity contribution in [3.63, 3.8) is 0 Å². The number of carbonyl (C=O) groups excluding carboxylic acids is 3. The second kappa shape index (κ2) is 9.63. The van der Waals surface area contributed by atoms with Crippen molar-refractivity contribution < 1.29 is 19.5 Å². The average molecular weight is 497 g/mol. The minimum absolute atomic E-state index is 0.00952. The van der Waals surface area contributed by atoms with Gasteiger partial charge in [0.1, 0.15) is 23.6 Å². The molecule has 1 unspecified atom stereocenters. The molecular formula is C24H25ClN6O4. The Labute approximate surface area is 206 Å². The number of piperidine rings is 1. The molecule has 2 aliphatic rings. The van der Waals surface area contributed by atoms with Crippen LogP contribution in [-0.4, -0.2) is 67.7 Å². The fourth-order valence-corrected chi connectivity index (χ4v) is 5.40. The lowest BCUT2D eigenvalue weighted by Crippen LogP contribution is -2.52. The van der Waals surface area contributed by atoms with Gasteiger partial charge in [0.15, 0.2) is 5.69 Å². The van der Waals surface area contributed by atoms with Gasteiger partial charge in [-0.2, -0.15) is 5.10 Å². The lowest BCUT2D eigenvalue weighted by atomic mass is 9.97. The predicted octanol–water partition coefficient (Wildman–Crippen LogP) is 1.82.